The number of Topliss-reactive ketones (excluding diaryl/α,β-unsaturated/α-hetero) is 1. The van der Waals surface area contributed by atoms with Crippen LogP contribution in [0.25, 0.3) is 22.6 Å². The van der Waals surface area contributed by atoms with E-state index in [1.54, 1.807) is 18.2 Å². The van der Waals surface area contributed by atoms with Crippen molar-refractivity contribution in [3.63, 3.8) is 0 Å². The molecule has 0 aliphatic heterocycles. The summed E-state index contributed by atoms with van der Waals surface area (Å²) in [7, 11) is 0. The molecule has 0 N–H and O–H groups in total. The first-order chi connectivity index (χ1) is 14.0. The van der Waals surface area contributed by atoms with E-state index in [2.05, 4.69) is 0 Å². The van der Waals surface area contributed by atoms with Gasteiger partial charge < -0.3 is 4.74 Å². The molecule has 0 unspecified atom stereocenters. The van der Waals surface area contributed by atoms with E-state index < -0.39 is 11.8 Å². The highest BCUT2D eigenvalue weighted by Crippen LogP contribution is 2.38. The van der Waals surface area contributed by atoms with Crippen molar-refractivity contribution in [3.05, 3.63) is 75.7 Å². The molecule has 0 spiro atoms. The van der Waals surface area contributed by atoms with E-state index in [4.69, 9.17) is 21.3 Å². The van der Waals surface area contributed by atoms with Crippen LogP contribution < -0.4 is 0 Å². The van der Waals surface area contributed by atoms with Crippen LogP contribution in [0.2, 0.25) is 5.02 Å². The zero-order valence-electron chi connectivity index (χ0n) is 15.7. The van der Waals surface area contributed by atoms with Crippen molar-refractivity contribution in [3.8, 4) is 0 Å². The Morgan fingerprint density at radius 2 is 1.97 bits per heavy atom. The molecule has 6 heteroatoms. The number of pyridine rings is 1. The summed E-state index contributed by atoms with van der Waals surface area (Å²) in [6.45, 7) is 1.08. The molecule has 146 valence electrons. The van der Waals surface area contributed by atoms with Gasteiger partial charge in [-0.1, -0.05) is 35.9 Å². The van der Waals surface area contributed by atoms with E-state index in [1.165, 1.54) is 13.0 Å². The standard InChI is InChI=1S/C23H17ClFNO3/c1-13(27)12-29-23(28)21-15-5-2-3-8-20(15)26-22-14(9-10-16(21)22)11-17-18(24)6-4-7-19(17)25/h2-8,11H,9-10,12H2,1H3. The number of carbonyl (C=O) groups is 2. The average Bonchev–Trinajstić information content (AvgIpc) is 3.09. The van der Waals surface area contributed by atoms with Crippen molar-refractivity contribution < 1.29 is 18.7 Å². The van der Waals surface area contributed by atoms with Gasteiger partial charge in [-0.15, -0.1) is 0 Å². The van der Waals surface area contributed by atoms with Gasteiger partial charge in [0.15, 0.2) is 5.78 Å². The zero-order valence-corrected chi connectivity index (χ0v) is 16.4. The van der Waals surface area contributed by atoms with E-state index in [0.717, 1.165) is 11.1 Å². The van der Waals surface area contributed by atoms with Crippen molar-refractivity contribution in [2.24, 2.45) is 0 Å². The van der Waals surface area contributed by atoms with Crippen LogP contribution in [-0.4, -0.2) is 23.3 Å². The summed E-state index contributed by atoms with van der Waals surface area (Å²) in [6, 6.07) is 11.8. The minimum absolute atomic E-state index is 0.233. The number of nitrogens with zero attached hydrogens (tertiary/aromatic N) is 1. The van der Waals surface area contributed by atoms with E-state index in [-0.39, 0.29) is 12.4 Å². The predicted octanol–water partition coefficient (Wildman–Crippen LogP) is 5.26. The summed E-state index contributed by atoms with van der Waals surface area (Å²) in [4.78, 5) is 28.8. The van der Waals surface area contributed by atoms with Gasteiger partial charge >= 0.3 is 5.97 Å². The molecule has 2 aromatic carbocycles. The van der Waals surface area contributed by atoms with Crippen LogP contribution in [-0.2, 0) is 16.0 Å². The predicted molar refractivity (Wildman–Crippen MR) is 110 cm³/mol. The number of ketones is 1. The molecule has 0 saturated heterocycles. The first-order valence-electron chi connectivity index (χ1n) is 9.19. The van der Waals surface area contributed by atoms with E-state index in [1.807, 2.05) is 24.3 Å². The molecule has 0 atom stereocenters. The molecule has 1 aliphatic rings. The highest BCUT2D eigenvalue weighted by Gasteiger charge is 2.28. The number of rotatable bonds is 4. The lowest BCUT2D eigenvalue weighted by Crippen LogP contribution is -2.14. The van der Waals surface area contributed by atoms with Crippen LogP contribution in [0.15, 0.2) is 42.5 Å². The van der Waals surface area contributed by atoms with Gasteiger partial charge in [-0.2, -0.15) is 0 Å². The van der Waals surface area contributed by atoms with Crippen LogP contribution in [0.3, 0.4) is 0 Å². The van der Waals surface area contributed by atoms with Crippen LogP contribution in [0, 0.1) is 5.82 Å². The third-order valence-electron chi connectivity index (χ3n) is 4.87. The highest BCUT2D eigenvalue weighted by molar-refractivity contribution is 6.32. The Kier molecular flexibility index (Phi) is 5.16. The number of ether oxygens (including phenoxy) is 1. The molecule has 1 aromatic heterocycles. The number of fused-ring (bicyclic) bond motifs is 2. The fourth-order valence-corrected chi connectivity index (χ4v) is 3.79. The van der Waals surface area contributed by atoms with E-state index in [9.17, 15) is 14.0 Å². The van der Waals surface area contributed by atoms with Crippen LogP contribution >= 0.6 is 11.6 Å². The number of hydrogen-bond acceptors (Lipinski definition) is 4. The maximum atomic E-state index is 14.3. The molecule has 4 nitrogen and oxygen atoms in total. The Bertz CT molecular complexity index is 1170. The third kappa shape index (κ3) is 3.66. The Morgan fingerprint density at radius 1 is 1.17 bits per heavy atom. The van der Waals surface area contributed by atoms with Gasteiger partial charge in [-0.25, -0.2) is 14.2 Å². The van der Waals surface area contributed by atoms with Gasteiger partial charge in [0.1, 0.15) is 12.4 Å². The fraction of sp³-hybridized carbons (Fsp3) is 0.174. The highest BCUT2D eigenvalue weighted by atomic mass is 35.5. The minimum Gasteiger partial charge on any atom is -0.454 e. The molecule has 3 aromatic rings. The van der Waals surface area contributed by atoms with Crippen LogP contribution in [0.4, 0.5) is 4.39 Å². The van der Waals surface area contributed by atoms with Crippen molar-refractivity contribution in [1.82, 2.24) is 4.98 Å². The Labute approximate surface area is 172 Å². The number of halogens is 2. The SMILES string of the molecule is CC(=O)COC(=O)c1c2c(nc3ccccc13)C(=Cc1c(F)cccc1Cl)CC2. The summed E-state index contributed by atoms with van der Waals surface area (Å²) in [5, 5.41) is 0.984. The number of allylic oxidation sites excluding steroid dienone is 1. The Hall–Kier alpha value is -3.05. The molecule has 0 amide bonds. The Morgan fingerprint density at radius 3 is 2.72 bits per heavy atom. The maximum absolute atomic E-state index is 14.3. The molecule has 0 saturated carbocycles. The lowest BCUT2D eigenvalue weighted by molar-refractivity contribution is -0.120. The average molecular weight is 410 g/mol. The summed E-state index contributed by atoms with van der Waals surface area (Å²) in [5.74, 6) is -1.20. The van der Waals surface area contributed by atoms with Gasteiger partial charge in [-0.05, 0) is 55.2 Å². The smallest absolute Gasteiger partial charge is 0.339 e. The Balaban J connectivity index is 1.88. The number of esters is 1. The van der Waals surface area contributed by atoms with Gasteiger partial charge in [0.05, 0.1) is 21.8 Å². The molecule has 4 rings (SSSR count). The van der Waals surface area contributed by atoms with Crippen molar-refractivity contribution in [1.29, 1.82) is 0 Å². The maximum Gasteiger partial charge on any atom is 0.339 e. The largest absolute Gasteiger partial charge is 0.454 e. The van der Waals surface area contributed by atoms with E-state index >= 15 is 0 Å². The van der Waals surface area contributed by atoms with Gasteiger partial charge in [0, 0.05) is 10.9 Å². The number of benzene rings is 2. The van der Waals surface area contributed by atoms with Crippen molar-refractivity contribution >= 4 is 45.9 Å². The minimum atomic E-state index is -0.555. The monoisotopic (exact) mass is 409 g/mol. The summed E-state index contributed by atoms with van der Waals surface area (Å²) in [6.07, 6.45) is 2.85. The lowest BCUT2D eigenvalue weighted by Gasteiger charge is -2.12. The first-order valence-corrected chi connectivity index (χ1v) is 9.56. The van der Waals surface area contributed by atoms with Crippen LogP contribution in [0.1, 0.15) is 40.5 Å². The zero-order chi connectivity index (χ0) is 20.5. The molecular formula is C23H17ClFNO3. The van der Waals surface area contributed by atoms with Crippen LogP contribution in [0.5, 0.6) is 0 Å². The van der Waals surface area contributed by atoms with E-state index in [0.29, 0.717) is 45.6 Å². The fourth-order valence-electron chi connectivity index (χ4n) is 3.57. The third-order valence-corrected chi connectivity index (χ3v) is 5.20. The van der Waals surface area contributed by atoms with Gasteiger partial charge in [0.25, 0.3) is 0 Å². The summed E-state index contributed by atoms with van der Waals surface area (Å²) < 4.78 is 19.5. The van der Waals surface area contributed by atoms with Crippen molar-refractivity contribution in [2.45, 2.75) is 19.8 Å². The second kappa shape index (κ2) is 7.76. The van der Waals surface area contributed by atoms with Gasteiger partial charge in [0.2, 0.25) is 0 Å². The number of carbonyl (C=O) groups excluding carboxylic acids is 2. The topological polar surface area (TPSA) is 56.3 Å². The molecule has 0 radical (unpaired) electrons. The summed E-state index contributed by atoms with van der Waals surface area (Å²) in [5.41, 5.74) is 3.53. The molecule has 1 aliphatic carbocycles. The number of para-hydroxylation sites is 1. The van der Waals surface area contributed by atoms with Gasteiger partial charge in [-0.3, -0.25) is 4.79 Å². The summed E-state index contributed by atoms with van der Waals surface area (Å²) >= 11 is 6.17. The second-order valence-corrected chi connectivity index (χ2v) is 7.32. The second-order valence-electron chi connectivity index (χ2n) is 6.91. The molecule has 1 heterocycles. The molecule has 0 fully saturated rings. The first kappa shape index (κ1) is 19.3. The van der Waals surface area contributed by atoms with Crippen molar-refractivity contribution in [2.75, 3.05) is 6.61 Å². The molecule has 29 heavy (non-hydrogen) atoms. The number of aromatic nitrogens is 1. The quantitative estimate of drug-likeness (QED) is 0.551. The normalized spacial score (nSPS) is 14.2. The molecular weight excluding hydrogens is 393 g/mol. The lowest BCUT2D eigenvalue weighted by atomic mass is 10.0. The molecule has 0 bridgehead atoms. The number of hydrogen-bond donors (Lipinski definition) is 0.